The largest absolute Gasteiger partial charge is 0.497 e. The molecule has 0 amide bonds. The van der Waals surface area contributed by atoms with Crippen LogP contribution in [0.2, 0.25) is 0 Å². The zero-order chi connectivity index (χ0) is 14.5. The number of methoxy groups -OCH3 is 1. The topological polar surface area (TPSA) is 38.7 Å². The van der Waals surface area contributed by atoms with Crippen LogP contribution in [-0.4, -0.2) is 37.7 Å². The summed E-state index contributed by atoms with van der Waals surface area (Å²) in [7, 11) is 1.51. The molecule has 19 heavy (non-hydrogen) atoms. The lowest BCUT2D eigenvalue weighted by Gasteiger charge is -2.14. The normalized spacial score (nSPS) is 13.4. The second kappa shape index (κ2) is 7.12. The fourth-order valence-electron chi connectivity index (χ4n) is 1.46. The van der Waals surface area contributed by atoms with Crippen molar-refractivity contribution in [3.63, 3.8) is 0 Å². The van der Waals surface area contributed by atoms with Crippen molar-refractivity contribution in [1.29, 1.82) is 0 Å². The van der Waals surface area contributed by atoms with E-state index in [4.69, 9.17) is 4.74 Å². The Kier molecular flexibility index (Phi) is 6.09. The maximum atomic E-state index is 11.9. The molecule has 0 spiro atoms. The quantitative estimate of drug-likeness (QED) is 0.863. The molecule has 0 heterocycles. The summed E-state index contributed by atoms with van der Waals surface area (Å²) in [5.41, 5.74) is 0.738. The first-order valence-electron chi connectivity index (χ1n) is 5.47. The van der Waals surface area contributed by atoms with Gasteiger partial charge in [0, 0.05) is 10.9 Å². The Morgan fingerprint density at radius 2 is 2.05 bits per heavy atom. The summed E-state index contributed by atoms with van der Waals surface area (Å²) in [4.78, 5) is 0. The number of hydrogen-bond donors (Lipinski definition) is 1. The van der Waals surface area contributed by atoms with Crippen LogP contribution in [0.5, 0.6) is 5.75 Å². The molecule has 0 aliphatic rings. The van der Waals surface area contributed by atoms with E-state index in [1.165, 1.54) is 7.11 Å². The third kappa shape index (κ3) is 6.26. The van der Waals surface area contributed by atoms with Gasteiger partial charge in [-0.2, -0.15) is 13.2 Å². The smallest absolute Gasteiger partial charge is 0.411 e. The predicted octanol–water partition coefficient (Wildman–Crippen LogP) is 2.94. The molecule has 0 aromatic heterocycles. The minimum atomic E-state index is -4.38. The van der Waals surface area contributed by atoms with E-state index in [1.807, 2.05) is 0 Å². The molecule has 1 rings (SSSR count). The Bertz CT molecular complexity index is 410. The van der Waals surface area contributed by atoms with Crippen LogP contribution in [0.4, 0.5) is 13.2 Å². The van der Waals surface area contributed by atoms with Crippen LogP contribution in [-0.2, 0) is 11.2 Å². The summed E-state index contributed by atoms with van der Waals surface area (Å²) in [6.45, 7) is -1.73. The average Bonchev–Trinajstić information content (AvgIpc) is 2.30. The van der Waals surface area contributed by atoms with E-state index in [2.05, 4.69) is 20.7 Å². The van der Waals surface area contributed by atoms with Crippen LogP contribution in [0, 0.1) is 0 Å². The minimum absolute atomic E-state index is 0.176. The van der Waals surface area contributed by atoms with Gasteiger partial charge in [0.25, 0.3) is 0 Å². The van der Waals surface area contributed by atoms with E-state index < -0.39 is 18.9 Å². The molecule has 7 heteroatoms. The molecule has 1 unspecified atom stereocenters. The van der Waals surface area contributed by atoms with Crippen LogP contribution in [0.1, 0.15) is 5.56 Å². The van der Waals surface area contributed by atoms with Crippen molar-refractivity contribution >= 4 is 15.9 Å². The first kappa shape index (κ1) is 16.3. The predicted molar refractivity (Wildman–Crippen MR) is 67.3 cm³/mol. The fourth-order valence-corrected chi connectivity index (χ4v) is 1.87. The molecule has 0 fully saturated rings. The summed E-state index contributed by atoms with van der Waals surface area (Å²) in [5.74, 6) is 0.613. The summed E-state index contributed by atoms with van der Waals surface area (Å²) in [5, 5.41) is 9.63. The summed E-state index contributed by atoms with van der Waals surface area (Å²) < 4.78 is 45.8. The third-order valence-electron chi connectivity index (χ3n) is 2.28. The molecule has 0 bridgehead atoms. The SMILES string of the molecule is COc1ccc(Br)c(CC(O)COCC(F)(F)F)c1. The van der Waals surface area contributed by atoms with Crippen LogP contribution in [0.15, 0.2) is 22.7 Å². The number of halogens is 4. The first-order chi connectivity index (χ1) is 8.81. The Labute approximate surface area is 117 Å². The zero-order valence-electron chi connectivity index (χ0n) is 10.2. The van der Waals surface area contributed by atoms with Crippen molar-refractivity contribution in [3.05, 3.63) is 28.2 Å². The van der Waals surface area contributed by atoms with Crippen molar-refractivity contribution in [3.8, 4) is 5.75 Å². The third-order valence-corrected chi connectivity index (χ3v) is 3.06. The van der Waals surface area contributed by atoms with Gasteiger partial charge in [-0.15, -0.1) is 0 Å². The van der Waals surface area contributed by atoms with Crippen molar-refractivity contribution in [2.45, 2.75) is 18.7 Å². The van der Waals surface area contributed by atoms with E-state index in [0.717, 1.165) is 10.0 Å². The van der Waals surface area contributed by atoms with Gasteiger partial charge in [-0.25, -0.2) is 0 Å². The number of aliphatic hydroxyl groups is 1. The lowest BCUT2D eigenvalue weighted by atomic mass is 10.1. The molecule has 0 radical (unpaired) electrons. The van der Waals surface area contributed by atoms with Gasteiger partial charge >= 0.3 is 6.18 Å². The molecular formula is C12H14BrF3O3. The number of benzene rings is 1. The monoisotopic (exact) mass is 342 g/mol. The lowest BCUT2D eigenvalue weighted by Crippen LogP contribution is -2.24. The molecule has 1 N–H and O–H groups in total. The van der Waals surface area contributed by atoms with Gasteiger partial charge < -0.3 is 14.6 Å². The molecule has 108 valence electrons. The Balaban J connectivity index is 2.50. The summed E-state index contributed by atoms with van der Waals surface area (Å²) in [6, 6.07) is 5.19. The molecule has 0 aliphatic carbocycles. The molecule has 0 aliphatic heterocycles. The Morgan fingerprint density at radius 3 is 2.63 bits per heavy atom. The summed E-state index contributed by atoms with van der Waals surface area (Å²) >= 11 is 3.30. The molecule has 1 aromatic rings. The highest BCUT2D eigenvalue weighted by molar-refractivity contribution is 9.10. The molecule has 3 nitrogen and oxygen atoms in total. The Morgan fingerprint density at radius 1 is 1.37 bits per heavy atom. The van der Waals surface area contributed by atoms with Gasteiger partial charge in [-0.1, -0.05) is 15.9 Å². The average molecular weight is 343 g/mol. The standard InChI is InChI=1S/C12H14BrF3O3/c1-18-10-2-3-11(13)8(5-10)4-9(17)6-19-7-12(14,15)16/h2-3,5,9,17H,4,6-7H2,1H3. The molecule has 0 saturated carbocycles. The highest BCUT2D eigenvalue weighted by Gasteiger charge is 2.27. The van der Waals surface area contributed by atoms with Crippen molar-refractivity contribution in [2.24, 2.45) is 0 Å². The van der Waals surface area contributed by atoms with Crippen LogP contribution in [0.3, 0.4) is 0 Å². The van der Waals surface area contributed by atoms with Gasteiger partial charge in [0.2, 0.25) is 0 Å². The van der Waals surface area contributed by atoms with E-state index in [9.17, 15) is 18.3 Å². The Hall–Kier alpha value is -0.790. The molecule has 1 aromatic carbocycles. The zero-order valence-corrected chi connectivity index (χ0v) is 11.8. The van der Waals surface area contributed by atoms with E-state index >= 15 is 0 Å². The van der Waals surface area contributed by atoms with Gasteiger partial charge in [-0.05, 0) is 23.8 Å². The second-order valence-corrected chi connectivity index (χ2v) is 4.80. The van der Waals surface area contributed by atoms with E-state index in [1.54, 1.807) is 18.2 Å². The van der Waals surface area contributed by atoms with Crippen LogP contribution >= 0.6 is 15.9 Å². The maximum Gasteiger partial charge on any atom is 0.411 e. The number of alkyl halides is 3. The number of ether oxygens (including phenoxy) is 2. The summed E-state index contributed by atoms with van der Waals surface area (Å²) in [6.07, 6.45) is -5.21. The van der Waals surface area contributed by atoms with Crippen molar-refractivity contribution in [2.75, 3.05) is 20.3 Å². The minimum Gasteiger partial charge on any atom is -0.497 e. The number of aliphatic hydroxyl groups excluding tert-OH is 1. The lowest BCUT2D eigenvalue weighted by molar-refractivity contribution is -0.179. The van der Waals surface area contributed by atoms with Crippen molar-refractivity contribution in [1.82, 2.24) is 0 Å². The fraction of sp³-hybridized carbons (Fsp3) is 0.500. The maximum absolute atomic E-state index is 11.9. The van der Waals surface area contributed by atoms with E-state index in [0.29, 0.717) is 5.75 Å². The molecule has 1 atom stereocenters. The highest BCUT2D eigenvalue weighted by atomic mass is 79.9. The van der Waals surface area contributed by atoms with Crippen molar-refractivity contribution < 1.29 is 27.8 Å². The molecule has 0 saturated heterocycles. The van der Waals surface area contributed by atoms with Gasteiger partial charge in [-0.3, -0.25) is 0 Å². The second-order valence-electron chi connectivity index (χ2n) is 3.95. The van der Waals surface area contributed by atoms with Crippen LogP contribution in [0.25, 0.3) is 0 Å². The van der Waals surface area contributed by atoms with E-state index in [-0.39, 0.29) is 13.0 Å². The molecular weight excluding hydrogens is 329 g/mol. The van der Waals surface area contributed by atoms with Crippen LogP contribution < -0.4 is 4.74 Å². The number of rotatable bonds is 6. The number of hydrogen-bond acceptors (Lipinski definition) is 3. The van der Waals surface area contributed by atoms with Gasteiger partial charge in [0.1, 0.15) is 12.4 Å². The first-order valence-corrected chi connectivity index (χ1v) is 6.26. The highest BCUT2D eigenvalue weighted by Crippen LogP contribution is 2.24. The van der Waals surface area contributed by atoms with Gasteiger partial charge in [0.05, 0.1) is 19.8 Å². The van der Waals surface area contributed by atoms with Gasteiger partial charge in [0.15, 0.2) is 0 Å².